The molecule has 0 bridgehead atoms. The number of hydrogen-bond acceptors (Lipinski definition) is 4. The number of likely N-dealkylation sites (tertiary alicyclic amines) is 1. The van der Waals surface area contributed by atoms with Gasteiger partial charge in [-0.2, -0.15) is 0 Å². The Labute approximate surface area is 135 Å². The smallest absolute Gasteiger partial charge is 0.318 e. The molecule has 1 aliphatic rings. The minimum Gasteiger partial charge on any atom is -0.374 e. The lowest BCUT2D eigenvalue weighted by Crippen LogP contribution is -2.43. The zero-order valence-corrected chi connectivity index (χ0v) is 13.2. The van der Waals surface area contributed by atoms with Gasteiger partial charge in [-0.15, -0.1) is 0 Å². The van der Waals surface area contributed by atoms with E-state index in [0.717, 1.165) is 30.6 Å². The summed E-state index contributed by atoms with van der Waals surface area (Å²) in [5.41, 5.74) is 6.67. The van der Waals surface area contributed by atoms with Gasteiger partial charge in [-0.05, 0) is 37.5 Å². The van der Waals surface area contributed by atoms with E-state index in [9.17, 15) is 14.4 Å². The second-order valence-electron chi connectivity index (χ2n) is 5.69. The fraction of sp³-hybridized carbons (Fsp3) is 0.438. The molecule has 1 fully saturated rings. The number of nitrogens with zero attached hydrogens (tertiary/aromatic N) is 1. The Morgan fingerprint density at radius 1 is 1.35 bits per heavy atom. The fourth-order valence-corrected chi connectivity index (χ4v) is 2.55. The van der Waals surface area contributed by atoms with Crippen LogP contribution in [0.15, 0.2) is 24.3 Å². The minimum atomic E-state index is -0.874. The van der Waals surface area contributed by atoms with Crippen molar-refractivity contribution in [3.63, 3.8) is 0 Å². The average molecular weight is 318 g/mol. The Balaban J connectivity index is 1.97. The monoisotopic (exact) mass is 318 g/mol. The van der Waals surface area contributed by atoms with E-state index in [0.29, 0.717) is 13.0 Å². The van der Waals surface area contributed by atoms with Gasteiger partial charge in [0.1, 0.15) is 6.04 Å². The molecule has 7 nitrogen and oxygen atoms in total. The third-order valence-electron chi connectivity index (χ3n) is 3.74. The Morgan fingerprint density at radius 3 is 2.83 bits per heavy atom. The zero-order valence-electron chi connectivity index (χ0n) is 13.2. The summed E-state index contributed by atoms with van der Waals surface area (Å²) in [4.78, 5) is 36.1. The number of benzene rings is 1. The Kier molecular flexibility index (Phi) is 5.56. The van der Waals surface area contributed by atoms with E-state index in [1.807, 2.05) is 34.5 Å². The molecule has 7 heteroatoms. The van der Waals surface area contributed by atoms with Crippen molar-refractivity contribution in [1.82, 2.24) is 10.2 Å². The van der Waals surface area contributed by atoms with Crippen molar-refractivity contribution in [2.75, 3.05) is 11.9 Å². The number of rotatable bonds is 5. The molecule has 0 aliphatic carbocycles. The van der Waals surface area contributed by atoms with E-state index >= 15 is 0 Å². The first-order chi connectivity index (χ1) is 11.0. The molecule has 1 saturated heterocycles. The number of urea groups is 1. The molecule has 1 aliphatic heterocycles. The highest BCUT2D eigenvalue weighted by Gasteiger charge is 2.18. The second kappa shape index (κ2) is 7.62. The van der Waals surface area contributed by atoms with E-state index in [-0.39, 0.29) is 5.91 Å². The molecular formula is C16H22N4O3. The molecule has 0 saturated carbocycles. The van der Waals surface area contributed by atoms with Crippen molar-refractivity contribution in [3.8, 4) is 0 Å². The van der Waals surface area contributed by atoms with Crippen molar-refractivity contribution in [3.05, 3.63) is 29.8 Å². The number of nitrogens with two attached hydrogens (primary N) is 1. The first-order valence-electron chi connectivity index (χ1n) is 7.69. The van der Waals surface area contributed by atoms with Crippen molar-refractivity contribution in [2.24, 2.45) is 5.73 Å². The summed E-state index contributed by atoms with van der Waals surface area (Å²) in [6.07, 6.45) is 2.61. The molecule has 2 rings (SSSR count). The highest BCUT2D eigenvalue weighted by molar-refractivity contribution is 5.97. The normalized spacial score (nSPS) is 15.9. The third-order valence-corrected chi connectivity index (χ3v) is 3.74. The summed E-state index contributed by atoms with van der Waals surface area (Å²) in [7, 11) is 0. The number of carbonyl (C=O) groups excluding carboxylic acids is 3. The van der Waals surface area contributed by atoms with Crippen LogP contribution in [-0.2, 0) is 16.1 Å². The van der Waals surface area contributed by atoms with Crippen molar-refractivity contribution in [1.29, 1.82) is 0 Å². The number of primary amides is 1. The van der Waals surface area contributed by atoms with Crippen LogP contribution in [0.25, 0.3) is 0 Å². The predicted octanol–water partition coefficient (Wildman–Crippen LogP) is 1.19. The number of imide groups is 1. The largest absolute Gasteiger partial charge is 0.374 e. The summed E-state index contributed by atoms with van der Waals surface area (Å²) in [6, 6.07) is 6.06. The van der Waals surface area contributed by atoms with Crippen LogP contribution in [0.5, 0.6) is 0 Å². The maximum atomic E-state index is 11.9. The molecule has 124 valence electrons. The number of amides is 4. The van der Waals surface area contributed by atoms with Crippen molar-refractivity contribution >= 4 is 23.5 Å². The Hall–Kier alpha value is -2.57. The third kappa shape index (κ3) is 4.98. The molecule has 1 atom stereocenters. The van der Waals surface area contributed by atoms with Gasteiger partial charge < -0.3 is 16.0 Å². The lowest BCUT2D eigenvalue weighted by Gasteiger charge is -2.27. The highest BCUT2D eigenvalue weighted by atomic mass is 16.2. The SMILES string of the molecule is C[C@H](Nc1cccc(CN2CCCCC2=O)c1)C(=O)NC(N)=O. The summed E-state index contributed by atoms with van der Waals surface area (Å²) < 4.78 is 0. The van der Waals surface area contributed by atoms with Gasteiger partial charge in [0.15, 0.2) is 0 Å². The molecule has 1 aromatic rings. The lowest BCUT2D eigenvalue weighted by atomic mass is 10.1. The van der Waals surface area contributed by atoms with E-state index < -0.39 is 18.0 Å². The zero-order chi connectivity index (χ0) is 16.8. The molecule has 0 unspecified atom stereocenters. The van der Waals surface area contributed by atoms with Gasteiger partial charge in [0.2, 0.25) is 11.8 Å². The quantitative estimate of drug-likeness (QED) is 0.758. The second-order valence-corrected chi connectivity index (χ2v) is 5.69. The standard InChI is InChI=1S/C16H22N4O3/c1-11(15(22)19-16(17)23)18-13-6-4-5-12(9-13)10-20-8-3-2-7-14(20)21/h4-6,9,11,18H,2-3,7-8,10H2,1H3,(H3,17,19,22,23)/t11-/m0/s1. The molecule has 4 N–H and O–H groups in total. The van der Waals surface area contributed by atoms with Gasteiger partial charge in [-0.1, -0.05) is 12.1 Å². The van der Waals surface area contributed by atoms with Crippen LogP contribution in [0.2, 0.25) is 0 Å². The maximum Gasteiger partial charge on any atom is 0.318 e. The van der Waals surface area contributed by atoms with Gasteiger partial charge >= 0.3 is 6.03 Å². The van der Waals surface area contributed by atoms with Crippen LogP contribution in [-0.4, -0.2) is 35.3 Å². The van der Waals surface area contributed by atoms with Gasteiger partial charge in [0.25, 0.3) is 0 Å². The van der Waals surface area contributed by atoms with Gasteiger partial charge in [-0.3, -0.25) is 14.9 Å². The summed E-state index contributed by atoms with van der Waals surface area (Å²) in [5, 5.41) is 5.05. The number of anilines is 1. The maximum absolute atomic E-state index is 11.9. The Bertz CT molecular complexity index is 603. The van der Waals surface area contributed by atoms with Gasteiger partial charge in [0, 0.05) is 25.2 Å². The van der Waals surface area contributed by atoms with Gasteiger partial charge in [0.05, 0.1) is 0 Å². The lowest BCUT2D eigenvalue weighted by molar-refractivity contribution is -0.133. The van der Waals surface area contributed by atoms with E-state index in [2.05, 4.69) is 5.32 Å². The molecular weight excluding hydrogens is 296 g/mol. The predicted molar refractivity (Wildman–Crippen MR) is 86.5 cm³/mol. The van der Waals surface area contributed by atoms with Gasteiger partial charge in [-0.25, -0.2) is 4.79 Å². The van der Waals surface area contributed by atoms with E-state index in [4.69, 9.17) is 5.73 Å². The summed E-state index contributed by atoms with van der Waals surface area (Å²) in [6.45, 7) is 2.99. The topological polar surface area (TPSA) is 105 Å². The summed E-state index contributed by atoms with van der Waals surface area (Å²) >= 11 is 0. The summed E-state index contributed by atoms with van der Waals surface area (Å²) in [5.74, 6) is -0.307. The number of hydrogen-bond donors (Lipinski definition) is 3. The van der Waals surface area contributed by atoms with Crippen LogP contribution in [0.1, 0.15) is 31.7 Å². The molecule has 1 aromatic carbocycles. The van der Waals surface area contributed by atoms with Crippen molar-refractivity contribution < 1.29 is 14.4 Å². The van der Waals surface area contributed by atoms with Crippen LogP contribution in [0.4, 0.5) is 10.5 Å². The Morgan fingerprint density at radius 2 is 2.13 bits per heavy atom. The molecule has 4 amide bonds. The van der Waals surface area contributed by atoms with Crippen LogP contribution in [0.3, 0.4) is 0 Å². The highest BCUT2D eigenvalue weighted by Crippen LogP contribution is 2.17. The average Bonchev–Trinajstić information content (AvgIpc) is 2.49. The first kappa shape index (κ1) is 16.8. The minimum absolute atomic E-state index is 0.184. The molecule has 23 heavy (non-hydrogen) atoms. The molecule has 0 spiro atoms. The van der Waals surface area contributed by atoms with Crippen molar-refractivity contribution in [2.45, 2.75) is 38.8 Å². The number of carbonyl (C=O) groups is 3. The number of nitrogens with one attached hydrogen (secondary N) is 2. The molecule has 0 aromatic heterocycles. The molecule has 1 heterocycles. The van der Waals surface area contributed by atoms with E-state index in [1.54, 1.807) is 6.92 Å². The van der Waals surface area contributed by atoms with E-state index in [1.165, 1.54) is 0 Å². The molecule has 0 radical (unpaired) electrons. The van der Waals surface area contributed by atoms with Crippen LogP contribution >= 0.6 is 0 Å². The number of piperidine rings is 1. The van der Waals surface area contributed by atoms with Crippen LogP contribution < -0.4 is 16.4 Å². The van der Waals surface area contributed by atoms with Crippen LogP contribution in [0, 0.1) is 0 Å². The fourth-order valence-electron chi connectivity index (χ4n) is 2.55. The first-order valence-corrected chi connectivity index (χ1v) is 7.69.